The van der Waals surface area contributed by atoms with Crippen LogP contribution in [0.15, 0.2) is 35.9 Å². The first kappa shape index (κ1) is 15.1. The normalized spacial score (nSPS) is 15.5. The number of carbonyl (C=O) groups is 1. The third-order valence-corrected chi connectivity index (χ3v) is 3.42. The number of piperidine rings is 1. The number of allylic oxidation sites excluding steroid dienone is 1. The van der Waals surface area contributed by atoms with E-state index in [0.717, 1.165) is 11.6 Å². The number of amides is 1. The summed E-state index contributed by atoms with van der Waals surface area (Å²) in [5.41, 5.74) is -0.309. The predicted octanol–water partition coefficient (Wildman–Crippen LogP) is 3.39. The first-order valence-electron chi connectivity index (χ1n) is 6.46. The maximum Gasteiger partial charge on any atom is 0.417 e. The van der Waals surface area contributed by atoms with Gasteiger partial charge in [0.2, 0.25) is 0 Å². The van der Waals surface area contributed by atoms with Gasteiger partial charge in [-0.2, -0.15) is 18.4 Å². The third kappa shape index (κ3) is 3.43. The number of likely N-dealkylation sites (tertiary alicyclic amines) is 1. The summed E-state index contributed by atoms with van der Waals surface area (Å²) in [5.74, 6) is -0.612. The van der Waals surface area contributed by atoms with Gasteiger partial charge in [-0.05, 0) is 25.0 Å². The summed E-state index contributed by atoms with van der Waals surface area (Å²) in [6.07, 6.45) is -2.07. The van der Waals surface area contributed by atoms with Gasteiger partial charge in [0.1, 0.15) is 0 Å². The van der Waals surface area contributed by atoms with E-state index in [1.165, 1.54) is 29.2 Å². The highest BCUT2D eigenvalue weighted by molar-refractivity contribution is 5.96. The number of nitriles is 1. The lowest BCUT2D eigenvalue weighted by Crippen LogP contribution is -2.37. The topological polar surface area (TPSA) is 44.1 Å². The average Bonchev–Trinajstić information content (AvgIpc) is 2.47. The molecule has 1 aliphatic heterocycles. The number of nitrogens with zero attached hydrogens (tertiary/aromatic N) is 2. The molecule has 1 aromatic rings. The fourth-order valence-corrected chi connectivity index (χ4v) is 2.32. The van der Waals surface area contributed by atoms with Gasteiger partial charge in [0, 0.05) is 19.2 Å². The van der Waals surface area contributed by atoms with Crippen LogP contribution in [0.4, 0.5) is 13.2 Å². The van der Waals surface area contributed by atoms with Crippen molar-refractivity contribution >= 4 is 5.91 Å². The van der Waals surface area contributed by atoms with Crippen molar-refractivity contribution in [1.82, 2.24) is 4.90 Å². The third-order valence-electron chi connectivity index (χ3n) is 3.42. The van der Waals surface area contributed by atoms with Gasteiger partial charge in [-0.3, -0.25) is 4.79 Å². The van der Waals surface area contributed by atoms with E-state index in [-0.39, 0.29) is 5.56 Å². The molecule has 1 heterocycles. The summed E-state index contributed by atoms with van der Waals surface area (Å²) in [6.45, 7) is 0.664. The molecule has 0 saturated carbocycles. The second kappa shape index (κ2) is 6.00. The predicted molar refractivity (Wildman–Crippen MR) is 70.3 cm³/mol. The fourth-order valence-electron chi connectivity index (χ4n) is 2.32. The van der Waals surface area contributed by atoms with Gasteiger partial charge < -0.3 is 4.90 Å². The van der Waals surface area contributed by atoms with Crippen molar-refractivity contribution in [3.63, 3.8) is 0 Å². The minimum absolute atomic E-state index is 0.322. The first-order chi connectivity index (χ1) is 9.93. The molecular weight excluding hydrogens is 281 g/mol. The van der Waals surface area contributed by atoms with Crippen molar-refractivity contribution in [2.45, 2.75) is 19.0 Å². The number of hydrogen-bond acceptors (Lipinski definition) is 2. The Morgan fingerprint density at radius 3 is 2.43 bits per heavy atom. The number of carbonyl (C=O) groups excluding carboxylic acids is 1. The lowest BCUT2D eigenvalue weighted by molar-refractivity contribution is -0.138. The molecule has 6 heteroatoms. The van der Waals surface area contributed by atoms with Crippen molar-refractivity contribution in [2.24, 2.45) is 0 Å². The number of alkyl halides is 3. The molecule has 2 rings (SSSR count). The van der Waals surface area contributed by atoms with Crippen LogP contribution in [0.1, 0.15) is 28.8 Å². The Kier molecular flexibility index (Phi) is 4.32. The van der Waals surface area contributed by atoms with Gasteiger partial charge in [-0.25, -0.2) is 0 Å². The van der Waals surface area contributed by atoms with Crippen LogP contribution in [0.5, 0.6) is 0 Å². The minimum atomic E-state index is -4.55. The molecule has 21 heavy (non-hydrogen) atoms. The molecule has 0 spiro atoms. The Morgan fingerprint density at radius 2 is 1.86 bits per heavy atom. The van der Waals surface area contributed by atoms with Crippen LogP contribution in [-0.4, -0.2) is 23.9 Å². The van der Waals surface area contributed by atoms with Crippen molar-refractivity contribution in [3.8, 4) is 6.07 Å². The molecular formula is C15H13F3N2O. The van der Waals surface area contributed by atoms with Crippen molar-refractivity contribution < 1.29 is 18.0 Å². The van der Waals surface area contributed by atoms with Crippen molar-refractivity contribution in [3.05, 3.63) is 47.0 Å². The smallest absolute Gasteiger partial charge is 0.338 e. The molecule has 0 atom stereocenters. The van der Waals surface area contributed by atoms with Gasteiger partial charge in [0.15, 0.2) is 0 Å². The Balaban J connectivity index is 2.19. The standard InChI is InChI=1S/C15H13F3N2O/c16-15(17,18)13-4-2-1-3-12(13)14(21)20-9-6-11(5-8-19)7-10-20/h1-5H,6-7,9-10H2. The van der Waals surface area contributed by atoms with Crippen LogP contribution in [0.3, 0.4) is 0 Å². The fraction of sp³-hybridized carbons (Fsp3) is 0.333. The minimum Gasteiger partial charge on any atom is -0.338 e. The highest BCUT2D eigenvalue weighted by Gasteiger charge is 2.36. The van der Waals surface area contributed by atoms with Gasteiger partial charge in [0.25, 0.3) is 5.91 Å². The maximum absolute atomic E-state index is 12.9. The summed E-state index contributed by atoms with van der Waals surface area (Å²) in [7, 11) is 0. The van der Waals surface area contributed by atoms with Crippen molar-refractivity contribution in [2.75, 3.05) is 13.1 Å². The number of hydrogen-bond donors (Lipinski definition) is 0. The van der Waals surface area contributed by atoms with Gasteiger partial charge in [0.05, 0.1) is 17.2 Å². The van der Waals surface area contributed by atoms with E-state index in [9.17, 15) is 18.0 Å². The summed E-state index contributed by atoms with van der Waals surface area (Å²) in [5, 5.41) is 8.57. The Labute approximate surface area is 120 Å². The largest absolute Gasteiger partial charge is 0.417 e. The highest BCUT2D eigenvalue weighted by atomic mass is 19.4. The van der Waals surface area contributed by atoms with Crippen LogP contribution in [-0.2, 0) is 6.18 Å². The van der Waals surface area contributed by atoms with Crippen molar-refractivity contribution in [1.29, 1.82) is 5.26 Å². The molecule has 3 nitrogen and oxygen atoms in total. The monoisotopic (exact) mass is 294 g/mol. The molecule has 1 fully saturated rings. The van der Waals surface area contributed by atoms with E-state index in [1.807, 2.05) is 6.07 Å². The van der Waals surface area contributed by atoms with Gasteiger partial charge in [-0.15, -0.1) is 0 Å². The molecule has 1 aromatic carbocycles. The summed E-state index contributed by atoms with van der Waals surface area (Å²) < 4.78 is 38.8. The molecule has 0 unspecified atom stereocenters. The van der Waals surface area contributed by atoms with E-state index in [4.69, 9.17) is 5.26 Å². The lowest BCUT2D eigenvalue weighted by atomic mass is 10.0. The molecule has 1 amide bonds. The van der Waals surface area contributed by atoms with Crippen LogP contribution < -0.4 is 0 Å². The van der Waals surface area contributed by atoms with E-state index in [0.29, 0.717) is 25.9 Å². The number of rotatable bonds is 1. The second-order valence-electron chi connectivity index (χ2n) is 4.77. The zero-order valence-corrected chi connectivity index (χ0v) is 11.2. The van der Waals surface area contributed by atoms with Gasteiger partial charge in [-0.1, -0.05) is 17.7 Å². The maximum atomic E-state index is 12.9. The average molecular weight is 294 g/mol. The second-order valence-corrected chi connectivity index (χ2v) is 4.77. The Hall–Kier alpha value is -2.29. The van der Waals surface area contributed by atoms with Crippen LogP contribution in [0.2, 0.25) is 0 Å². The van der Waals surface area contributed by atoms with E-state index < -0.39 is 17.6 Å². The van der Waals surface area contributed by atoms with E-state index >= 15 is 0 Å². The molecule has 1 aliphatic rings. The van der Waals surface area contributed by atoms with E-state index in [1.54, 1.807) is 0 Å². The zero-order valence-electron chi connectivity index (χ0n) is 11.2. The molecule has 0 aromatic heterocycles. The van der Waals surface area contributed by atoms with Crippen LogP contribution in [0, 0.1) is 11.3 Å². The van der Waals surface area contributed by atoms with Crippen LogP contribution in [0.25, 0.3) is 0 Å². The summed E-state index contributed by atoms with van der Waals surface area (Å²) in [4.78, 5) is 13.7. The first-order valence-corrected chi connectivity index (χ1v) is 6.46. The summed E-state index contributed by atoms with van der Waals surface area (Å²) in [6, 6.07) is 6.73. The van der Waals surface area contributed by atoms with E-state index in [2.05, 4.69) is 0 Å². The number of halogens is 3. The molecule has 110 valence electrons. The molecule has 0 N–H and O–H groups in total. The Bertz CT molecular complexity index is 604. The van der Waals surface area contributed by atoms with Crippen LogP contribution >= 0.6 is 0 Å². The Morgan fingerprint density at radius 1 is 1.24 bits per heavy atom. The quantitative estimate of drug-likeness (QED) is 0.745. The SMILES string of the molecule is N#CC=C1CCN(C(=O)c2ccccc2C(F)(F)F)CC1. The molecule has 0 bridgehead atoms. The lowest BCUT2D eigenvalue weighted by Gasteiger charge is -2.29. The molecule has 0 aliphatic carbocycles. The molecule has 1 saturated heterocycles. The van der Waals surface area contributed by atoms with Gasteiger partial charge >= 0.3 is 6.18 Å². The zero-order chi connectivity index (χ0) is 15.5. The molecule has 0 radical (unpaired) electrons. The summed E-state index contributed by atoms with van der Waals surface area (Å²) >= 11 is 0. The number of benzene rings is 1. The highest BCUT2D eigenvalue weighted by Crippen LogP contribution is 2.32.